The highest BCUT2D eigenvalue weighted by molar-refractivity contribution is 5.82. The van der Waals surface area contributed by atoms with Crippen molar-refractivity contribution >= 4 is 18.2 Å². The number of carbonyl (C=O) groups excluding carboxylic acids is 2. The molecule has 2 heterocycles. The third-order valence-electron chi connectivity index (χ3n) is 8.23. The van der Waals surface area contributed by atoms with Crippen molar-refractivity contribution in [2.24, 2.45) is 17.3 Å². The van der Waals surface area contributed by atoms with E-state index < -0.39 is 41.6 Å². The molecule has 0 aromatic heterocycles. The number of ether oxygens (including phenoxy) is 2. The monoisotopic (exact) mass is 579 g/mol. The molecule has 2 aliphatic rings. The van der Waals surface area contributed by atoms with E-state index in [1.165, 1.54) is 4.90 Å². The first-order chi connectivity index (χ1) is 20.0. The number of hydrogen-bond donors (Lipinski definition) is 2. The van der Waals surface area contributed by atoms with Gasteiger partial charge in [-0.3, -0.25) is 4.90 Å². The Kier molecular flexibility index (Phi) is 10.1. The van der Waals surface area contributed by atoms with Gasteiger partial charge in [-0.15, -0.1) is 0 Å². The highest BCUT2D eigenvalue weighted by Gasteiger charge is 2.58. The second-order valence-corrected chi connectivity index (χ2v) is 12.8. The third kappa shape index (κ3) is 7.43. The van der Waals surface area contributed by atoms with Crippen LogP contribution in [0.2, 0.25) is 0 Å². The van der Waals surface area contributed by atoms with E-state index in [4.69, 9.17) is 9.47 Å². The summed E-state index contributed by atoms with van der Waals surface area (Å²) in [7, 11) is 0. The first kappa shape index (κ1) is 31.3. The van der Waals surface area contributed by atoms with Crippen LogP contribution in [0.4, 0.5) is 9.59 Å². The number of likely N-dealkylation sites (tertiary alicyclic amines) is 2. The van der Waals surface area contributed by atoms with Gasteiger partial charge in [-0.25, -0.2) is 14.4 Å². The van der Waals surface area contributed by atoms with E-state index in [9.17, 15) is 19.5 Å². The summed E-state index contributed by atoms with van der Waals surface area (Å²) in [6.07, 6.45) is 0.438. The number of carbonyl (C=O) groups is 3. The minimum atomic E-state index is -1.07. The summed E-state index contributed by atoms with van der Waals surface area (Å²) in [5.41, 5.74) is 1.35. The summed E-state index contributed by atoms with van der Waals surface area (Å²) in [5, 5.41) is 14.2. The van der Waals surface area contributed by atoms with Crippen LogP contribution < -0.4 is 5.32 Å². The van der Waals surface area contributed by atoms with Crippen molar-refractivity contribution in [2.45, 2.75) is 78.3 Å². The molecule has 5 atom stereocenters. The van der Waals surface area contributed by atoms with Crippen LogP contribution in [0.1, 0.15) is 64.6 Å². The Bertz CT molecular complexity index is 1200. The zero-order chi connectivity index (χ0) is 30.4. The number of rotatable bonds is 8. The maximum atomic E-state index is 13.5. The standard InChI is InChI=1S/C33H45N3O6/c1-22(2)42-32(40)36-28(25-16-10-7-11-17-25)27(26(33(3,4)5)29(36)30(37)38)34-19-24-15-12-18-35(20-24)31(39)41-21-23-13-8-6-9-14-23/h6-11,13-14,16-17,22,24,26-29,34H,12,15,18-21H2,1-5H3,(H,37,38)/t24?,26-,27-,28-,29-/m0/s1. The molecule has 0 spiro atoms. The molecule has 2 aliphatic heterocycles. The van der Waals surface area contributed by atoms with Gasteiger partial charge in [0.2, 0.25) is 0 Å². The van der Waals surface area contributed by atoms with E-state index in [2.05, 4.69) is 5.32 Å². The van der Waals surface area contributed by atoms with E-state index in [0.717, 1.165) is 24.0 Å². The molecule has 1 unspecified atom stereocenters. The SMILES string of the molecule is CC(C)OC(=O)N1[C@H](C(=O)O)[C@@H](C(C)(C)C)[C@H](NCC2CCCN(C(=O)OCc3ccccc3)C2)[C@@H]1c1ccccc1. The van der Waals surface area contributed by atoms with Gasteiger partial charge in [-0.1, -0.05) is 81.4 Å². The summed E-state index contributed by atoms with van der Waals surface area (Å²) >= 11 is 0. The van der Waals surface area contributed by atoms with Crippen LogP contribution in [0.3, 0.4) is 0 Å². The lowest BCUT2D eigenvalue weighted by atomic mass is 9.72. The largest absolute Gasteiger partial charge is 0.480 e. The summed E-state index contributed by atoms with van der Waals surface area (Å²) in [4.78, 5) is 42.4. The Balaban J connectivity index is 1.55. The number of amides is 2. The average Bonchev–Trinajstić information content (AvgIpc) is 3.32. The predicted molar refractivity (Wildman–Crippen MR) is 160 cm³/mol. The van der Waals surface area contributed by atoms with Gasteiger partial charge in [-0.2, -0.15) is 0 Å². The molecule has 0 radical (unpaired) electrons. The lowest BCUT2D eigenvalue weighted by Crippen LogP contribution is -2.50. The molecule has 42 heavy (non-hydrogen) atoms. The molecule has 0 saturated carbocycles. The van der Waals surface area contributed by atoms with Gasteiger partial charge in [0, 0.05) is 31.6 Å². The van der Waals surface area contributed by atoms with Crippen molar-refractivity contribution in [1.29, 1.82) is 0 Å². The van der Waals surface area contributed by atoms with E-state index in [-0.39, 0.29) is 24.7 Å². The van der Waals surface area contributed by atoms with Gasteiger partial charge in [-0.05, 0) is 49.1 Å². The van der Waals surface area contributed by atoms with Crippen LogP contribution in [0.5, 0.6) is 0 Å². The van der Waals surface area contributed by atoms with Crippen molar-refractivity contribution in [2.75, 3.05) is 19.6 Å². The molecule has 9 heteroatoms. The van der Waals surface area contributed by atoms with Crippen LogP contribution in [0.25, 0.3) is 0 Å². The number of aliphatic carboxylic acids is 1. The average molecular weight is 580 g/mol. The first-order valence-corrected chi connectivity index (χ1v) is 14.9. The van der Waals surface area contributed by atoms with E-state index in [1.807, 2.05) is 81.4 Å². The van der Waals surface area contributed by atoms with Crippen LogP contribution in [-0.2, 0) is 20.9 Å². The summed E-state index contributed by atoms with van der Waals surface area (Å²) in [5.74, 6) is -1.30. The van der Waals surface area contributed by atoms with E-state index in [1.54, 1.807) is 18.7 Å². The predicted octanol–water partition coefficient (Wildman–Crippen LogP) is 5.71. The Hall–Kier alpha value is -3.59. The third-order valence-corrected chi connectivity index (χ3v) is 8.23. The lowest BCUT2D eigenvalue weighted by Gasteiger charge is -2.37. The Morgan fingerprint density at radius 2 is 1.64 bits per heavy atom. The normalized spacial score (nSPS) is 24.5. The molecule has 0 aliphatic carbocycles. The van der Waals surface area contributed by atoms with Crippen molar-refractivity contribution in [3.05, 3.63) is 71.8 Å². The molecule has 228 valence electrons. The van der Waals surface area contributed by atoms with Crippen molar-refractivity contribution in [3.8, 4) is 0 Å². The number of hydrogen-bond acceptors (Lipinski definition) is 6. The molecule has 2 saturated heterocycles. The Morgan fingerprint density at radius 3 is 2.24 bits per heavy atom. The molecule has 2 fully saturated rings. The zero-order valence-corrected chi connectivity index (χ0v) is 25.4. The Labute approximate surface area is 249 Å². The van der Waals surface area contributed by atoms with E-state index >= 15 is 0 Å². The summed E-state index contributed by atoms with van der Waals surface area (Å²) < 4.78 is 11.2. The highest BCUT2D eigenvalue weighted by atomic mass is 16.6. The zero-order valence-electron chi connectivity index (χ0n) is 25.4. The molecular weight excluding hydrogens is 534 g/mol. The van der Waals surface area contributed by atoms with Crippen LogP contribution in [-0.4, -0.2) is 70.9 Å². The molecular formula is C33H45N3O6. The van der Waals surface area contributed by atoms with Crippen molar-refractivity contribution in [3.63, 3.8) is 0 Å². The number of carboxylic acid groups (broad SMARTS) is 1. The van der Waals surface area contributed by atoms with Gasteiger partial charge >= 0.3 is 18.2 Å². The highest BCUT2D eigenvalue weighted by Crippen LogP contribution is 2.48. The fraction of sp³-hybridized carbons (Fsp3) is 0.545. The fourth-order valence-electron chi connectivity index (χ4n) is 6.45. The topological polar surface area (TPSA) is 108 Å². The molecule has 2 aromatic carbocycles. The summed E-state index contributed by atoms with van der Waals surface area (Å²) in [6.45, 7) is 11.6. The minimum absolute atomic E-state index is 0.153. The maximum absolute atomic E-state index is 13.5. The fourth-order valence-corrected chi connectivity index (χ4v) is 6.45. The number of piperidine rings is 1. The van der Waals surface area contributed by atoms with Gasteiger partial charge in [0.05, 0.1) is 12.1 Å². The Morgan fingerprint density at radius 1 is 1.00 bits per heavy atom. The smallest absolute Gasteiger partial charge is 0.411 e. The number of nitrogens with one attached hydrogen (secondary N) is 1. The van der Waals surface area contributed by atoms with Crippen molar-refractivity contribution < 1.29 is 29.0 Å². The quantitative estimate of drug-likeness (QED) is 0.412. The number of carboxylic acids is 1. The van der Waals surface area contributed by atoms with Crippen molar-refractivity contribution in [1.82, 2.24) is 15.1 Å². The number of benzene rings is 2. The van der Waals surface area contributed by atoms with Crippen LogP contribution >= 0.6 is 0 Å². The van der Waals surface area contributed by atoms with Gasteiger partial charge in [0.1, 0.15) is 12.6 Å². The molecule has 4 rings (SSSR count). The van der Waals surface area contributed by atoms with Gasteiger partial charge in [0.15, 0.2) is 0 Å². The maximum Gasteiger partial charge on any atom is 0.411 e. The molecule has 0 bridgehead atoms. The van der Waals surface area contributed by atoms with Gasteiger partial charge in [0.25, 0.3) is 0 Å². The van der Waals surface area contributed by atoms with Gasteiger partial charge < -0.3 is 24.8 Å². The first-order valence-electron chi connectivity index (χ1n) is 14.9. The molecule has 2 amide bonds. The second kappa shape index (κ2) is 13.6. The number of nitrogens with zero attached hydrogens (tertiary/aromatic N) is 2. The summed E-state index contributed by atoms with van der Waals surface area (Å²) in [6, 6.07) is 17.2. The van der Waals surface area contributed by atoms with E-state index in [0.29, 0.717) is 19.6 Å². The van der Waals surface area contributed by atoms with Crippen LogP contribution in [0, 0.1) is 17.3 Å². The minimum Gasteiger partial charge on any atom is -0.480 e. The molecule has 9 nitrogen and oxygen atoms in total. The van der Waals surface area contributed by atoms with Crippen LogP contribution in [0.15, 0.2) is 60.7 Å². The second-order valence-electron chi connectivity index (χ2n) is 12.8. The molecule has 2 aromatic rings. The molecule has 2 N–H and O–H groups in total. The lowest BCUT2D eigenvalue weighted by molar-refractivity contribution is -0.144.